The van der Waals surface area contributed by atoms with Crippen LogP contribution in [0.3, 0.4) is 0 Å². The van der Waals surface area contributed by atoms with Gasteiger partial charge in [-0.2, -0.15) is 8.78 Å². The monoisotopic (exact) mass is 281 g/mol. The van der Waals surface area contributed by atoms with Crippen LogP contribution in [0.25, 0.3) is 0 Å². The first-order valence-electron chi connectivity index (χ1n) is 6.35. The minimum absolute atomic E-state index is 0.141. The van der Waals surface area contributed by atoms with Gasteiger partial charge in [-0.1, -0.05) is 6.07 Å². The molecule has 1 aromatic carbocycles. The van der Waals surface area contributed by atoms with Crippen LogP contribution in [0, 0.1) is 0 Å². The fraction of sp³-hybridized carbons (Fsp3) is 0.357. The number of hydrogen-bond donors (Lipinski definition) is 1. The molecule has 1 heterocycles. The molecule has 0 unspecified atom stereocenters. The molecule has 2 rings (SSSR count). The zero-order chi connectivity index (χ0) is 14.5. The van der Waals surface area contributed by atoms with Crippen LogP contribution >= 0.6 is 0 Å². The lowest BCUT2D eigenvalue weighted by atomic mass is 10.3. The van der Waals surface area contributed by atoms with Gasteiger partial charge in [-0.3, -0.25) is 0 Å². The lowest BCUT2D eigenvalue weighted by molar-refractivity contribution is -0.0498. The molecule has 0 saturated heterocycles. The second kappa shape index (κ2) is 6.36. The normalized spacial score (nSPS) is 11.1. The molecule has 0 spiro atoms. The summed E-state index contributed by atoms with van der Waals surface area (Å²) in [6, 6.07) is 6.83. The van der Waals surface area contributed by atoms with Gasteiger partial charge in [-0.05, 0) is 26.0 Å². The van der Waals surface area contributed by atoms with Crippen molar-refractivity contribution in [1.82, 2.24) is 9.55 Å². The van der Waals surface area contributed by atoms with E-state index in [1.807, 2.05) is 4.57 Å². The van der Waals surface area contributed by atoms with Crippen molar-refractivity contribution in [2.75, 3.05) is 5.32 Å². The number of nitrogens with zero attached hydrogens (tertiary/aromatic N) is 2. The average Bonchev–Trinajstić information content (AvgIpc) is 2.84. The second-order valence-electron chi connectivity index (χ2n) is 4.65. The van der Waals surface area contributed by atoms with E-state index in [4.69, 9.17) is 0 Å². The minimum Gasteiger partial charge on any atom is -0.435 e. The number of alkyl halides is 2. The summed E-state index contributed by atoms with van der Waals surface area (Å²) in [7, 11) is 0. The Balaban J connectivity index is 2.01. The maximum Gasteiger partial charge on any atom is 0.387 e. The summed E-state index contributed by atoms with van der Waals surface area (Å²) in [4.78, 5) is 4.11. The topological polar surface area (TPSA) is 39.1 Å². The molecular formula is C14H17F2N3O. The Hall–Kier alpha value is -2.11. The smallest absolute Gasteiger partial charge is 0.387 e. The predicted octanol–water partition coefficient (Wildman–Crippen LogP) is 3.68. The summed E-state index contributed by atoms with van der Waals surface area (Å²) >= 11 is 0. The highest BCUT2D eigenvalue weighted by Crippen LogP contribution is 2.20. The van der Waals surface area contributed by atoms with Gasteiger partial charge in [0.1, 0.15) is 5.75 Å². The molecule has 0 aliphatic carbocycles. The lowest BCUT2D eigenvalue weighted by Gasteiger charge is -2.13. The molecule has 1 N–H and O–H groups in total. The van der Waals surface area contributed by atoms with Crippen molar-refractivity contribution in [1.29, 1.82) is 0 Å². The first-order chi connectivity index (χ1) is 9.56. The van der Waals surface area contributed by atoms with Gasteiger partial charge in [-0.25, -0.2) is 4.98 Å². The van der Waals surface area contributed by atoms with E-state index in [1.165, 1.54) is 6.07 Å². The predicted molar refractivity (Wildman–Crippen MR) is 73.0 cm³/mol. The SMILES string of the molecule is CC(C)n1cncc1CNc1cccc(OC(F)F)c1. The van der Waals surface area contributed by atoms with Gasteiger partial charge in [0.05, 0.1) is 18.6 Å². The fourth-order valence-electron chi connectivity index (χ4n) is 1.91. The van der Waals surface area contributed by atoms with Gasteiger partial charge in [-0.15, -0.1) is 0 Å². The van der Waals surface area contributed by atoms with Crippen LogP contribution in [0.2, 0.25) is 0 Å². The van der Waals surface area contributed by atoms with Crippen molar-refractivity contribution in [3.63, 3.8) is 0 Å². The summed E-state index contributed by atoms with van der Waals surface area (Å²) in [5, 5.41) is 3.17. The molecule has 0 bridgehead atoms. The highest BCUT2D eigenvalue weighted by Gasteiger charge is 2.07. The van der Waals surface area contributed by atoms with Crippen molar-refractivity contribution in [2.45, 2.75) is 33.0 Å². The lowest BCUT2D eigenvalue weighted by Crippen LogP contribution is -2.09. The van der Waals surface area contributed by atoms with E-state index in [9.17, 15) is 8.78 Å². The van der Waals surface area contributed by atoms with Crippen molar-refractivity contribution in [3.8, 4) is 5.75 Å². The van der Waals surface area contributed by atoms with Gasteiger partial charge in [0.25, 0.3) is 0 Å². The van der Waals surface area contributed by atoms with Crippen LogP contribution in [0.5, 0.6) is 5.75 Å². The summed E-state index contributed by atoms with van der Waals surface area (Å²) in [6.45, 7) is 1.90. The maximum atomic E-state index is 12.1. The minimum atomic E-state index is -2.81. The van der Waals surface area contributed by atoms with E-state index >= 15 is 0 Å². The zero-order valence-electron chi connectivity index (χ0n) is 11.4. The highest BCUT2D eigenvalue weighted by molar-refractivity contribution is 5.48. The summed E-state index contributed by atoms with van der Waals surface area (Å²) < 4.78 is 30.7. The molecule has 0 atom stereocenters. The van der Waals surface area contributed by atoms with E-state index in [2.05, 4.69) is 28.9 Å². The fourth-order valence-corrected chi connectivity index (χ4v) is 1.91. The van der Waals surface area contributed by atoms with Gasteiger partial charge >= 0.3 is 6.61 Å². The summed E-state index contributed by atoms with van der Waals surface area (Å²) in [5.74, 6) is 0.141. The summed E-state index contributed by atoms with van der Waals surface area (Å²) in [6.07, 6.45) is 3.56. The molecule has 0 aliphatic heterocycles. The Morgan fingerprint density at radius 1 is 1.35 bits per heavy atom. The van der Waals surface area contributed by atoms with Gasteiger partial charge in [0.2, 0.25) is 0 Å². The Morgan fingerprint density at radius 2 is 2.15 bits per heavy atom. The molecule has 108 valence electrons. The molecule has 4 nitrogen and oxygen atoms in total. The van der Waals surface area contributed by atoms with Crippen LogP contribution in [-0.4, -0.2) is 16.2 Å². The van der Waals surface area contributed by atoms with E-state index in [1.54, 1.807) is 30.7 Å². The third-order valence-corrected chi connectivity index (χ3v) is 2.84. The first-order valence-corrected chi connectivity index (χ1v) is 6.35. The summed E-state index contributed by atoms with van der Waals surface area (Å²) in [5.41, 5.74) is 1.75. The molecule has 0 amide bonds. The number of nitrogens with one attached hydrogen (secondary N) is 1. The molecule has 1 aromatic heterocycles. The van der Waals surface area contributed by atoms with Crippen LogP contribution in [0.4, 0.5) is 14.5 Å². The molecule has 0 saturated carbocycles. The van der Waals surface area contributed by atoms with Crippen molar-refractivity contribution in [2.24, 2.45) is 0 Å². The van der Waals surface area contributed by atoms with E-state index < -0.39 is 6.61 Å². The number of imidazole rings is 1. The second-order valence-corrected chi connectivity index (χ2v) is 4.65. The number of aromatic nitrogens is 2. The Labute approximate surface area is 116 Å². The number of anilines is 1. The van der Waals surface area contributed by atoms with Crippen molar-refractivity contribution >= 4 is 5.69 Å². The molecule has 0 aliphatic rings. The van der Waals surface area contributed by atoms with Gasteiger partial charge in [0, 0.05) is 24.0 Å². The Bertz CT molecular complexity index is 555. The molecular weight excluding hydrogens is 264 g/mol. The molecule has 6 heteroatoms. The molecule has 20 heavy (non-hydrogen) atoms. The largest absolute Gasteiger partial charge is 0.435 e. The van der Waals surface area contributed by atoms with Crippen LogP contribution in [-0.2, 0) is 6.54 Å². The van der Waals surface area contributed by atoms with E-state index in [-0.39, 0.29) is 5.75 Å². The number of benzene rings is 1. The quantitative estimate of drug-likeness (QED) is 0.878. The molecule has 0 fully saturated rings. The third-order valence-electron chi connectivity index (χ3n) is 2.84. The molecule has 2 aromatic rings. The van der Waals surface area contributed by atoms with Crippen molar-refractivity contribution in [3.05, 3.63) is 42.5 Å². The Morgan fingerprint density at radius 3 is 2.85 bits per heavy atom. The number of hydrogen-bond acceptors (Lipinski definition) is 3. The molecule has 0 radical (unpaired) electrons. The zero-order valence-corrected chi connectivity index (χ0v) is 11.4. The van der Waals surface area contributed by atoms with E-state index in [0.29, 0.717) is 12.6 Å². The van der Waals surface area contributed by atoms with E-state index in [0.717, 1.165) is 11.4 Å². The standard InChI is InChI=1S/C14H17F2N3O/c1-10(2)19-9-17-7-12(19)8-18-11-4-3-5-13(6-11)20-14(15)16/h3-7,9-10,14,18H,8H2,1-2H3. The Kier molecular flexibility index (Phi) is 4.55. The van der Waals surface area contributed by atoms with Crippen LogP contribution in [0.15, 0.2) is 36.8 Å². The number of rotatable bonds is 6. The third kappa shape index (κ3) is 3.69. The van der Waals surface area contributed by atoms with Gasteiger partial charge in [0.15, 0.2) is 0 Å². The number of ether oxygens (including phenoxy) is 1. The van der Waals surface area contributed by atoms with Gasteiger partial charge < -0.3 is 14.6 Å². The van der Waals surface area contributed by atoms with Crippen LogP contribution in [0.1, 0.15) is 25.6 Å². The first kappa shape index (κ1) is 14.3. The van der Waals surface area contributed by atoms with Crippen molar-refractivity contribution < 1.29 is 13.5 Å². The maximum absolute atomic E-state index is 12.1. The highest BCUT2D eigenvalue weighted by atomic mass is 19.3. The number of halogens is 2. The van der Waals surface area contributed by atoms with Crippen LogP contribution < -0.4 is 10.1 Å². The average molecular weight is 281 g/mol.